The SMILES string of the molecule is Cc1oc(-c2ccccc2)cc1C(=O)CC(=O)O. The van der Waals surface area contributed by atoms with Gasteiger partial charge in [0.25, 0.3) is 0 Å². The Morgan fingerprint density at radius 3 is 2.50 bits per heavy atom. The van der Waals surface area contributed by atoms with Gasteiger partial charge in [-0.05, 0) is 13.0 Å². The molecule has 0 aliphatic carbocycles. The van der Waals surface area contributed by atoms with E-state index < -0.39 is 18.2 Å². The molecule has 0 saturated heterocycles. The predicted octanol–water partition coefficient (Wildman–Crippen LogP) is 2.91. The molecule has 18 heavy (non-hydrogen) atoms. The molecule has 0 amide bonds. The number of carbonyl (C=O) groups excluding carboxylic acids is 1. The molecule has 1 aromatic carbocycles. The van der Waals surface area contributed by atoms with Crippen LogP contribution in [0.4, 0.5) is 0 Å². The van der Waals surface area contributed by atoms with Crippen molar-refractivity contribution in [3.63, 3.8) is 0 Å². The molecule has 0 saturated carbocycles. The Kier molecular flexibility index (Phi) is 3.28. The molecule has 0 fully saturated rings. The Morgan fingerprint density at radius 1 is 1.22 bits per heavy atom. The Balaban J connectivity index is 2.33. The second-order valence-corrected chi connectivity index (χ2v) is 3.94. The second-order valence-electron chi connectivity index (χ2n) is 3.94. The van der Waals surface area contributed by atoms with Crippen molar-refractivity contribution in [2.45, 2.75) is 13.3 Å². The van der Waals surface area contributed by atoms with Crippen molar-refractivity contribution < 1.29 is 19.1 Å². The summed E-state index contributed by atoms with van der Waals surface area (Å²) in [5.41, 5.74) is 1.19. The van der Waals surface area contributed by atoms with Gasteiger partial charge in [-0.15, -0.1) is 0 Å². The van der Waals surface area contributed by atoms with Crippen molar-refractivity contribution >= 4 is 11.8 Å². The van der Waals surface area contributed by atoms with Crippen molar-refractivity contribution in [2.75, 3.05) is 0 Å². The summed E-state index contributed by atoms with van der Waals surface area (Å²) in [6, 6.07) is 10.9. The predicted molar refractivity (Wildman–Crippen MR) is 65.5 cm³/mol. The first-order valence-electron chi connectivity index (χ1n) is 5.49. The number of carboxylic acids is 1. The number of aryl methyl sites for hydroxylation is 1. The smallest absolute Gasteiger partial charge is 0.311 e. The minimum Gasteiger partial charge on any atom is -0.481 e. The summed E-state index contributed by atoms with van der Waals surface area (Å²) in [7, 11) is 0. The van der Waals surface area contributed by atoms with E-state index in [-0.39, 0.29) is 0 Å². The number of carbonyl (C=O) groups is 2. The summed E-state index contributed by atoms with van der Waals surface area (Å²) in [4.78, 5) is 22.2. The Labute approximate surface area is 104 Å². The van der Waals surface area contributed by atoms with Gasteiger partial charge in [0.2, 0.25) is 0 Å². The number of benzene rings is 1. The van der Waals surface area contributed by atoms with E-state index in [9.17, 15) is 9.59 Å². The molecule has 0 unspecified atom stereocenters. The highest BCUT2D eigenvalue weighted by Gasteiger charge is 2.18. The van der Waals surface area contributed by atoms with Crippen LogP contribution in [0.2, 0.25) is 0 Å². The molecule has 1 N–H and O–H groups in total. The molecule has 2 rings (SSSR count). The number of rotatable bonds is 4. The van der Waals surface area contributed by atoms with E-state index in [0.29, 0.717) is 17.1 Å². The van der Waals surface area contributed by atoms with E-state index in [0.717, 1.165) is 5.56 Å². The average Bonchev–Trinajstić information content (AvgIpc) is 2.72. The number of hydrogen-bond donors (Lipinski definition) is 1. The summed E-state index contributed by atoms with van der Waals surface area (Å²) >= 11 is 0. The lowest BCUT2D eigenvalue weighted by atomic mass is 10.1. The third kappa shape index (κ3) is 2.48. The molecule has 0 aliphatic heterocycles. The van der Waals surface area contributed by atoms with Gasteiger partial charge in [0.15, 0.2) is 5.78 Å². The monoisotopic (exact) mass is 244 g/mol. The minimum absolute atomic E-state index is 0.330. The van der Waals surface area contributed by atoms with Crippen LogP contribution in [0.1, 0.15) is 22.5 Å². The molecule has 4 nitrogen and oxygen atoms in total. The van der Waals surface area contributed by atoms with Crippen LogP contribution in [0.5, 0.6) is 0 Å². The van der Waals surface area contributed by atoms with E-state index in [1.807, 2.05) is 30.3 Å². The topological polar surface area (TPSA) is 67.5 Å². The van der Waals surface area contributed by atoms with Crippen molar-refractivity contribution in [3.8, 4) is 11.3 Å². The van der Waals surface area contributed by atoms with Gasteiger partial charge in [-0.1, -0.05) is 30.3 Å². The van der Waals surface area contributed by atoms with E-state index in [4.69, 9.17) is 9.52 Å². The largest absolute Gasteiger partial charge is 0.481 e. The van der Waals surface area contributed by atoms with Crippen LogP contribution in [-0.2, 0) is 4.79 Å². The maximum absolute atomic E-state index is 11.7. The van der Waals surface area contributed by atoms with Crippen LogP contribution in [0, 0.1) is 6.92 Å². The summed E-state index contributed by atoms with van der Waals surface area (Å²) in [6.45, 7) is 1.65. The van der Waals surface area contributed by atoms with E-state index in [1.54, 1.807) is 13.0 Å². The van der Waals surface area contributed by atoms with Crippen LogP contribution in [0.25, 0.3) is 11.3 Å². The summed E-state index contributed by atoms with van der Waals surface area (Å²) in [6.07, 6.45) is -0.519. The quantitative estimate of drug-likeness (QED) is 0.663. The fraction of sp³-hybridized carbons (Fsp3) is 0.143. The molecule has 0 atom stereocenters. The number of ketones is 1. The number of carboxylic acid groups (broad SMARTS) is 1. The Hall–Kier alpha value is -2.36. The molecule has 0 radical (unpaired) electrons. The third-order valence-corrected chi connectivity index (χ3v) is 2.59. The number of aliphatic carboxylic acids is 1. The van der Waals surface area contributed by atoms with Gasteiger partial charge in [-0.25, -0.2) is 0 Å². The molecule has 2 aromatic rings. The summed E-state index contributed by atoms with van der Waals surface area (Å²) in [5, 5.41) is 8.61. The lowest BCUT2D eigenvalue weighted by molar-refractivity contribution is -0.135. The molecule has 1 heterocycles. The number of Topliss-reactive ketones (excluding diaryl/α,β-unsaturated/α-hetero) is 1. The standard InChI is InChI=1S/C14H12O4/c1-9-11(12(15)8-14(16)17)7-13(18-9)10-5-3-2-4-6-10/h2-7H,8H2,1H3,(H,16,17). The van der Waals surface area contributed by atoms with Crippen LogP contribution < -0.4 is 0 Å². The molecule has 0 aliphatic rings. The van der Waals surface area contributed by atoms with Crippen molar-refractivity contribution in [1.29, 1.82) is 0 Å². The van der Waals surface area contributed by atoms with Crippen molar-refractivity contribution in [3.05, 3.63) is 47.7 Å². The van der Waals surface area contributed by atoms with Gasteiger partial charge in [-0.3, -0.25) is 9.59 Å². The summed E-state index contributed by atoms with van der Waals surface area (Å²) < 4.78 is 5.49. The van der Waals surface area contributed by atoms with E-state index in [1.165, 1.54) is 0 Å². The average molecular weight is 244 g/mol. The Bertz CT molecular complexity index is 581. The van der Waals surface area contributed by atoms with Gasteiger partial charge >= 0.3 is 5.97 Å². The highest BCUT2D eigenvalue weighted by Crippen LogP contribution is 2.25. The molecular weight excluding hydrogens is 232 g/mol. The van der Waals surface area contributed by atoms with Gasteiger partial charge in [0, 0.05) is 5.56 Å². The first kappa shape index (κ1) is 12.1. The first-order valence-corrected chi connectivity index (χ1v) is 5.49. The molecule has 0 spiro atoms. The first-order chi connectivity index (χ1) is 8.58. The lowest BCUT2D eigenvalue weighted by Crippen LogP contribution is -2.06. The molecule has 0 bridgehead atoms. The Morgan fingerprint density at radius 2 is 1.89 bits per heavy atom. The maximum atomic E-state index is 11.7. The highest BCUT2D eigenvalue weighted by molar-refractivity contribution is 6.06. The van der Waals surface area contributed by atoms with E-state index in [2.05, 4.69) is 0 Å². The van der Waals surface area contributed by atoms with Gasteiger partial charge < -0.3 is 9.52 Å². The number of furan rings is 1. The molecule has 4 heteroatoms. The van der Waals surface area contributed by atoms with Crippen molar-refractivity contribution in [2.24, 2.45) is 0 Å². The highest BCUT2D eigenvalue weighted by atomic mass is 16.4. The second kappa shape index (κ2) is 4.87. The number of hydrogen-bond acceptors (Lipinski definition) is 3. The third-order valence-electron chi connectivity index (χ3n) is 2.59. The fourth-order valence-electron chi connectivity index (χ4n) is 1.74. The van der Waals surface area contributed by atoms with Gasteiger partial charge in [-0.2, -0.15) is 0 Å². The fourth-order valence-corrected chi connectivity index (χ4v) is 1.74. The zero-order valence-electron chi connectivity index (χ0n) is 9.84. The van der Waals surface area contributed by atoms with Crippen molar-refractivity contribution in [1.82, 2.24) is 0 Å². The molecule has 1 aromatic heterocycles. The van der Waals surface area contributed by atoms with Gasteiger partial charge in [0.1, 0.15) is 17.9 Å². The van der Waals surface area contributed by atoms with E-state index >= 15 is 0 Å². The lowest BCUT2D eigenvalue weighted by Gasteiger charge is -1.93. The normalized spacial score (nSPS) is 10.3. The summed E-state index contributed by atoms with van der Waals surface area (Å²) in [5.74, 6) is -0.560. The molecule has 92 valence electrons. The maximum Gasteiger partial charge on any atom is 0.311 e. The zero-order chi connectivity index (χ0) is 13.1. The van der Waals surface area contributed by atoms with Crippen LogP contribution in [0.3, 0.4) is 0 Å². The van der Waals surface area contributed by atoms with Crippen LogP contribution in [-0.4, -0.2) is 16.9 Å². The van der Waals surface area contributed by atoms with Gasteiger partial charge in [0.05, 0.1) is 5.56 Å². The molecular formula is C14H12O4. The van der Waals surface area contributed by atoms with Crippen LogP contribution in [0.15, 0.2) is 40.8 Å². The zero-order valence-corrected chi connectivity index (χ0v) is 9.84. The minimum atomic E-state index is -1.14. The van der Waals surface area contributed by atoms with Crippen LogP contribution >= 0.6 is 0 Å².